The summed E-state index contributed by atoms with van der Waals surface area (Å²) in [6, 6.07) is 10.5. The van der Waals surface area contributed by atoms with Crippen molar-refractivity contribution >= 4 is 23.4 Å². The summed E-state index contributed by atoms with van der Waals surface area (Å²) in [4.78, 5) is 7.58. The van der Waals surface area contributed by atoms with Gasteiger partial charge in [-0.2, -0.15) is 0 Å². The fourth-order valence-electron chi connectivity index (χ4n) is 4.08. The second kappa shape index (κ2) is 7.53. The molecule has 3 nitrogen and oxygen atoms in total. The maximum Gasteiger partial charge on any atom is 0.0684 e. The van der Waals surface area contributed by atoms with Gasteiger partial charge in [-0.25, -0.2) is 0 Å². The van der Waals surface area contributed by atoms with Crippen molar-refractivity contribution in [2.24, 2.45) is 0 Å². The Labute approximate surface area is 165 Å². The van der Waals surface area contributed by atoms with E-state index in [1.54, 1.807) is 0 Å². The van der Waals surface area contributed by atoms with Crippen LogP contribution in [0, 0.1) is 6.92 Å². The van der Waals surface area contributed by atoms with Crippen molar-refractivity contribution < 1.29 is 5.11 Å². The molecule has 0 saturated carbocycles. The van der Waals surface area contributed by atoms with Gasteiger partial charge < -0.3 is 10.0 Å². The largest absolute Gasteiger partial charge is 0.392 e. The first-order chi connectivity index (χ1) is 12.6. The first-order valence-corrected chi connectivity index (χ1v) is 10.4. The summed E-state index contributed by atoms with van der Waals surface area (Å²) >= 11 is 8.18. The number of nitrogens with zero attached hydrogens (tertiary/aromatic N) is 2. The van der Waals surface area contributed by atoms with Crippen molar-refractivity contribution in [1.29, 1.82) is 0 Å². The summed E-state index contributed by atoms with van der Waals surface area (Å²) < 4.78 is 0. The van der Waals surface area contributed by atoms with Gasteiger partial charge in [0.05, 0.1) is 6.61 Å². The Morgan fingerprint density at radius 2 is 1.85 bits per heavy atom. The van der Waals surface area contributed by atoms with Crippen molar-refractivity contribution in [3.8, 4) is 0 Å². The van der Waals surface area contributed by atoms with Gasteiger partial charge in [-0.3, -0.25) is 4.90 Å². The van der Waals surface area contributed by atoms with E-state index >= 15 is 0 Å². The van der Waals surface area contributed by atoms with Crippen LogP contribution < -0.4 is 0 Å². The van der Waals surface area contributed by atoms with Gasteiger partial charge in [0.25, 0.3) is 0 Å². The normalized spacial score (nSPS) is 20.7. The number of likely N-dealkylation sites (N-methyl/N-ethyl adjacent to an activating group) is 1. The predicted molar refractivity (Wildman–Crippen MR) is 108 cm³/mol. The Hall–Kier alpha value is -1.04. The maximum absolute atomic E-state index is 9.75. The molecule has 4 rings (SSSR count). The molecule has 2 aromatic carbocycles. The number of piperazine rings is 1. The lowest BCUT2D eigenvalue weighted by molar-refractivity contribution is 0.150. The number of hydrogen-bond acceptors (Lipinski definition) is 4. The molecule has 0 amide bonds. The van der Waals surface area contributed by atoms with E-state index in [-0.39, 0.29) is 6.61 Å². The third-order valence-electron chi connectivity index (χ3n) is 5.71. The van der Waals surface area contributed by atoms with Crippen molar-refractivity contribution in [1.82, 2.24) is 9.80 Å². The smallest absolute Gasteiger partial charge is 0.0684 e. The molecule has 0 radical (unpaired) electrons. The predicted octanol–water partition coefficient (Wildman–Crippen LogP) is 3.98. The number of rotatable bonds is 3. The quantitative estimate of drug-likeness (QED) is 0.860. The van der Waals surface area contributed by atoms with Crippen molar-refractivity contribution in [3.63, 3.8) is 0 Å². The lowest BCUT2D eigenvalue weighted by Gasteiger charge is -2.37. The average molecular weight is 389 g/mol. The lowest BCUT2D eigenvalue weighted by Crippen LogP contribution is -2.46. The highest BCUT2D eigenvalue weighted by molar-refractivity contribution is 7.99. The molecule has 0 aliphatic carbocycles. The van der Waals surface area contributed by atoms with Gasteiger partial charge in [-0.05, 0) is 60.5 Å². The molecule has 2 aromatic rings. The van der Waals surface area contributed by atoms with E-state index in [1.165, 1.54) is 26.5 Å². The van der Waals surface area contributed by atoms with Gasteiger partial charge in [0.2, 0.25) is 0 Å². The van der Waals surface area contributed by atoms with Crippen molar-refractivity contribution in [2.45, 2.75) is 29.2 Å². The summed E-state index contributed by atoms with van der Waals surface area (Å²) in [6.07, 6.45) is 0. The fraction of sp³-hybridized carbons (Fsp3) is 0.429. The molecule has 1 N–H and O–H groups in total. The van der Waals surface area contributed by atoms with Gasteiger partial charge in [0, 0.05) is 53.5 Å². The monoisotopic (exact) mass is 388 g/mol. The van der Waals surface area contributed by atoms with Crippen molar-refractivity contribution in [3.05, 3.63) is 57.6 Å². The second-order valence-electron chi connectivity index (χ2n) is 7.36. The number of aliphatic hydroxyl groups is 1. The van der Waals surface area contributed by atoms with E-state index in [0.29, 0.717) is 5.92 Å². The molecular weight excluding hydrogens is 364 g/mol. The topological polar surface area (TPSA) is 26.7 Å². The minimum atomic E-state index is 0.0907. The van der Waals surface area contributed by atoms with Crippen LogP contribution >= 0.6 is 23.4 Å². The van der Waals surface area contributed by atoms with E-state index in [2.05, 4.69) is 48.0 Å². The molecule has 0 bridgehead atoms. The Morgan fingerprint density at radius 1 is 1.12 bits per heavy atom. The van der Waals surface area contributed by atoms with Crippen LogP contribution in [0.4, 0.5) is 0 Å². The van der Waals surface area contributed by atoms with Crippen LogP contribution in [0.15, 0.2) is 40.1 Å². The highest BCUT2D eigenvalue weighted by Crippen LogP contribution is 2.48. The van der Waals surface area contributed by atoms with Gasteiger partial charge in [-0.15, -0.1) is 0 Å². The van der Waals surface area contributed by atoms with Crippen LogP contribution in [0.1, 0.15) is 28.2 Å². The molecule has 1 atom stereocenters. The van der Waals surface area contributed by atoms with Crippen LogP contribution in [-0.4, -0.2) is 54.7 Å². The zero-order valence-corrected chi connectivity index (χ0v) is 16.9. The number of fused-ring (bicyclic) bond motifs is 2. The molecule has 26 heavy (non-hydrogen) atoms. The van der Waals surface area contributed by atoms with Crippen LogP contribution in [0.2, 0.25) is 5.02 Å². The lowest BCUT2D eigenvalue weighted by atomic mass is 9.85. The molecule has 138 valence electrons. The molecule has 2 heterocycles. The molecule has 0 spiro atoms. The minimum absolute atomic E-state index is 0.0907. The summed E-state index contributed by atoms with van der Waals surface area (Å²) in [5, 5.41) is 10.6. The SMILES string of the molecule is Cc1c(CO)ccc2c1C(CN1CCN(C)CC1)c1cc(Cl)ccc1S2. The van der Waals surface area contributed by atoms with Crippen LogP contribution in [-0.2, 0) is 6.61 Å². The molecule has 2 aliphatic heterocycles. The number of benzene rings is 2. The van der Waals surface area contributed by atoms with Gasteiger partial charge in [0.1, 0.15) is 0 Å². The number of hydrogen-bond donors (Lipinski definition) is 1. The number of halogens is 1. The van der Waals surface area contributed by atoms with E-state index in [1.807, 2.05) is 17.8 Å². The van der Waals surface area contributed by atoms with E-state index in [4.69, 9.17) is 11.6 Å². The average Bonchev–Trinajstić information content (AvgIpc) is 2.64. The second-order valence-corrected chi connectivity index (χ2v) is 8.88. The first kappa shape index (κ1) is 18.3. The molecule has 5 heteroatoms. The summed E-state index contributed by atoms with van der Waals surface area (Å²) in [5.74, 6) is 0.301. The minimum Gasteiger partial charge on any atom is -0.392 e. The fourth-order valence-corrected chi connectivity index (χ4v) is 5.49. The van der Waals surface area contributed by atoms with Crippen LogP contribution in [0.5, 0.6) is 0 Å². The van der Waals surface area contributed by atoms with Crippen LogP contribution in [0.25, 0.3) is 0 Å². The molecular formula is C21H25ClN2OS. The van der Waals surface area contributed by atoms with Gasteiger partial charge in [-0.1, -0.05) is 29.4 Å². The number of aliphatic hydroxyl groups excluding tert-OH is 1. The Bertz CT molecular complexity index is 818. The van der Waals surface area contributed by atoms with E-state index < -0.39 is 0 Å². The summed E-state index contributed by atoms with van der Waals surface area (Å²) in [7, 11) is 2.19. The van der Waals surface area contributed by atoms with E-state index in [9.17, 15) is 5.11 Å². The zero-order valence-electron chi connectivity index (χ0n) is 15.3. The van der Waals surface area contributed by atoms with Gasteiger partial charge >= 0.3 is 0 Å². The molecule has 1 saturated heterocycles. The molecule has 2 aliphatic rings. The van der Waals surface area contributed by atoms with Crippen LogP contribution in [0.3, 0.4) is 0 Å². The Morgan fingerprint density at radius 3 is 2.58 bits per heavy atom. The Balaban J connectivity index is 1.76. The van der Waals surface area contributed by atoms with Crippen molar-refractivity contribution in [2.75, 3.05) is 39.8 Å². The third kappa shape index (κ3) is 3.41. The van der Waals surface area contributed by atoms with Gasteiger partial charge in [0.15, 0.2) is 0 Å². The van der Waals surface area contributed by atoms with E-state index in [0.717, 1.165) is 43.3 Å². The molecule has 0 aromatic heterocycles. The maximum atomic E-state index is 9.75. The summed E-state index contributed by atoms with van der Waals surface area (Å²) in [5.41, 5.74) is 4.95. The Kier molecular flexibility index (Phi) is 5.31. The summed E-state index contributed by atoms with van der Waals surface area (Å²) in [6.45, 7) is 7.68. The highest BCUT2D eigenvalue weighted by Gasteiger charge is 2.31. The highest BCUT2D eigenvalue weighted by atomic mass is 35.5. The zero-order chi connectivity index (χ0) is 18.3. The third-order valence-corrected chi connectivity index (χ3v) is 7.11. The first-order valence-electron chi connectivity index (χ1n) is 9.18. The standard InChI is InChI=1S/C21H25ClN2OS/c1-14-15(13-25)3-5-20-21(14)18(12-24-9-7-23(2)8-10-24)17-11-16(22)4-6-19(17)26-20/h3-6,11,18,25H,7-10,12-13H2,1-2H3. The molecule has 1 unspecified atom stereocenters. The molecule has 1 fully saturated rings.